The van der Waals surface area contributed by atoms with E-state index in [2.05, 4.69) is 55.2 Å². The number of nitrogens with one attached hydrogen (secondary N) is 1. The molecule has 0 unspecified atom stereocenters. The molecule has 0 amide bonds. The first-order chi connectivity index (χ1) is 11.8. The van der Waals surface area contributed by atoms with Gasteiger partial charge in [-0.05, 0) is 36.8 Å². The molecule has 2 aromatic carbocycles. The monoisotopic (exact) mass is 315 g/mol. The lowest BCUT2D eigenvalue weighted by atomic mass is 10.2. The number of para-hydroxylation sites is 2. The maximum atomic E-state index is 4.44. The second-order valence-electron chi connectivity index (χ2n) is 5.67. The molecule has 0 bridgehead atoms. The van der Waals surface area contributed by atoms with Crippen LogP contribution < -0.4 is 5.32 Å². The van der Waals surface area contributed by atoms with Crippen molar-refractivity contribution in [3.05, 3.63) is 78.5 Å². The second kappa shape index (κ2) is 6.12. The predicted octanol–water partition coefficient (Wildman–Crippen LogP) is 3.74. The zero-order chi connectivity index (χ0) is 16.4. The lowest BCUT2D eigenvalue weighted by Crippen LogP contribution is -2.02. The lowest BCUT2D eigenvalue weighted by Gasteiger charge is -2.08. The Labute approximate surface area is 140 Å². The maximum Gasteiger partial charge on any atom is 0.129 e. The van der Waals surface area contributed by atoms with Gasteiger partial charge < -0.3 is 5.32 Å². The van der Waals surface area contributed by atoms with Crippen molar-refractivity contribution in [1.29, 1.82) is 0 Å². The normalized spacial score (nSPS) is 10.9. The molecule has 118 valence electrons. The van der Waals surface area contributed by atoms with Gasteiger partial charge in [-0.2, -0.15) is 0 Å². The summed E-state index contributed by atoms with van der Waals surface area (Å²) in [6, 6.07) is 18.5. The number of fused-ring (bicyclic) bond motifs is 1. The minimum atomic E-state index is 0.724. The molecule has 5 nitrogen and oxygen atoms in total. The molecule has 0 spiro atoms. The van der Waals surface area contributed by atoms with Crippen LogP contribution in [0.15, 0.2) is 67.3 Å². The van der Waals surface area contributed by atoms with Crippen LogP contribution in [0.5, 0.6) is 0 Å². The molecule has 0 aliphatic rings. The van der Waals surface area contributed by atoms with Crippen molar-refractivity contribution in [3.63, 3.8) is 0 Å². The van der Waals surface area contributed by atoms with Gasteiger partial charge in [-0.1, -0.05) is 24.3 Å². The van der Waals surface area contributed by atoms with Gasteiger partial charge in [0, 0.05) is 24.0 Å². The summed E-state index contributed by atoms with van der Waals surface area (Å²) in [6.07, 6.45) is 3.44. The van der Waals surface area contributed by atoms with Gasteiger partial charge in [0.25, 0.3) is 0 Å². The summed E-state index contributed by atoms with van der Waals surface area (Å²) in [6.45, 7) is 2.68. The number of benzene rings is 2. The Kier molecular flexibility index (Phi) is 3.67. The highest BCUT2D eigenvalue weighted by Crippen LogP contribution is 2.18. The largest absolute Gasteiger partial charge is 0.366 e. The number of rotatable bonds is 4. The number of anilines is 1. The summed E-state index contributed by atoms with van der Waals surface area (Å²) in [5.74, 6) is 0.840. The average molecular weight is 315 g/mol. The van der Waals surface area contributed by atoms with Crippen molar-refractivity contribution in [2.75, 3.05) is 5.32 Å². The SMILES string of the molecule is Cc1cc(NCc2ccc(-n3cnc4ccccc43)cc2)ncn1. The Morgan fingerprint density at radius 2 is 1.79 bits per heavy atom. The van der Waals surface area contributed by atoms with Crippen molar-refractivity contribution >= 4 is 16.9 Å². The van der Waals surface area contributed by atoms with Crippen molar-refractivity contribution in [3.8, 4) is 5.69 Å². The topological polar surface area (TPSA) is 55.6 Å². The number of imidazole rings is 1. The summed E-state index contributed by atoms with van der Waals surface area (Å²) < 4.78 is 2.10. The molecule has 4 aromatic rings. The molecular weight excluding hydrogens is 298 g/mol. The summed E-state index contributed by atoms with van der Waals surface area (Å²) in [4.78, 5) is 12.8. The van der Waals surface area contributed by atoms with E-state index in [0.29, 0.717) is 0 Å². The van der Waals surface area contributed by atoms with Crippen molar-refractivity contribution in [1.82, 2.24) is 19.5 Å². The Bertz CT molecular complexity index is 972. The molecule has 0 atom stereocenters. The molecule has 0 fully saturated rings. The second-order valence-corrected chi connectivity index (χ2v) is 5.67. The maximum absolute atomic E-state index is 4.44. The summed E-state index contributed by atoms with van der Waals surface area (Å²) in [5, 5.41) is 3.32. The van der Waals surface area contributed by atoms with Gasteiger partial charge in [0.05, 0.1) is 11.0 Å². The van der Waals surface area contributed by atoms with E-state index in [0.717, 1.165) is 34.8 Å². The molecule has 0 radical (unpaired) electrons. The molecule has 1 N–H and O–H groups in total. The van der Waals surface area contributed by atoms with E-state index in [4.69, 9.17) is 0 Å². The molecule has 4 rings (SSSR count). The molecule has 0 aliphatic heterocycles. The molecule has 0 aliphatic carbocycles. The fourth-order valence-corrected chi connectivity index (χ4v) is 2.68. The third-order valence-corrected chi connectivity index (χ3v) is 3.95. The van der Waals surface area contributed by atoms with Crippen LogP contribution in [0.25, 0.3) is 16.7 Å². The van der Waals surface area contributed by atoms with Crippen LogP contribution in [-0.4, -0.2) is 19.5 Å². The minimum Gasteiger partial charge on any atom is -0.366 e. The molecular formula is C19H17N5. The fraction of sp³-hybridized carbons (Fsp3) is 0.105. The van der Waals surface area contributed by atoms with Crippen LogP contribution in [0, 0.1) is 6.92 Å². The van der Waals surface area contributed by atoms with Gasteiger partial charge >= 0.3 is 0 Å². The highest BCUT2D eigenvalue weighted by Gasteiger charge is 2.04. The van der Waals surface area contributed by atoms with E-state index < -0.39 is 0 Å². The van der Waals surface area contributed by atoms with Crippen molar-refractivity contribution in [2.24, 2.45) is 0 Å². The van der Waals surface area contributed by atoms with Crippen LogP contribution in [0.2, 0.25) is 0 Å². The third kappa shape index (κ3) is 2.84. The zero-order valence-corrected chi connectivity index (χ0v) is 13.3. The highest BCUT2D eigenvalue weighted by molar-refractivity contribution is 5.77. The number of aryl methyl sites for hydroxylation is 1. The van der Waals surface area contributed by atoms with Crippen LogP contribution >= 0.6 is 0 Å². The summed E-state index contributed by atoms with van der Waals surface area (Å²) in [5.41, 5.74) is 5.36. The van der Waals surface area contributed by atoms with Crippen molar-refractivity contribution < 1.29 is 0 Å². The van der Waals surface area contributed by atoms with E-state index in [1.165, 1.54) is 5.56 Å². The number of nitrogens with zero attached hydrogens (tertiary/aromatic N) is 4. The standard InChI is InChI=1S/C19H17N5/c1-14-10-19(22-12-21-14)20-11-15-6-8-16(9-7-15)24-13-23-17-4-2-3-5-18(17)24/h2-10,12-13H,11H2,1H3,(H,20,21,22). The molecule has 5 heteroatoms. The van der Waals surface area contributed by atoms with Gasteiger partial charge in [0.2, 0.25) is 0 Å². The van der Waals surface area contributed by atoms with E-state index >= 15 is 0 Å². The first kappa shape index (κ1) is 14.4. The van der Waals surface area contributed by atoms with Gasteiger partial charge in [-0.15, -0.1) is 0 Å². The van der Waals surface area contributed by atoms with Crippen LogP contribution in [0.1, 0.15) is 11.3 Å². The summed E-state index contributed by atoms with van der Waals surface area (Å²) >= 11 is 0. The lowest BCUT2D eigenvalue weighted by molar-refractivity contribution is 1.05. The van der Waals surface area contributed by atoms with Gasteiger partial charge in [0.1, 0.15) is 18.5 Å². The number of aromatic nitrogens is 4. The van der Waals surface area contributed by atoms with Crippen molar-refractivity contribution in [2.45, 2.75) is 13.5 Å². The summed E-state index contributed by atoms with van der Waals surface area (Å²) in [7, 11) is 0. The average Bonchev–Trinajstić information content (AvgIpc) is 3.05. The third-order valence-electron chi connectivity index (χ3n) is 3.95. The van der Waals surface area contributed by atoms with Crippen LogP contribution in [-0.2, 0) is 6.54 Å². The Morgan fingerprint density at radius 1 is 0.958 bits per heavy atom. The van der Waals surface area contributed by atoms with Crippen LogP contribution in [0.3, 0.4) is 0 Å². The van der Waals surface area contributed by atoms with Gasteiger partial charge in [-0.3, -0.25) is 4.57 Å². The Morgan fingerprint density at radius 3 is 2.62 bits per heavy atom. The van der Waals surface area contributed by atoms with Crippen LogP contribution in [0.4, 0.5) is 5.82 Å². The smallest absolute Gasteiger partial charge is 0.129 e. The van der Waals surface area contributed by atoms with E-state index in [1.54, 1.807) is 6.33 Å². The van der Waals surface area contributed by atoms with E-state index in [1.807, 2.05) is 37.5 Å². The first-order valence-corrected chi connectivity index (χ1v) is 7.83. The molecule has 2 aromatic heterocycles. The Hall–Kier alpha value is -3.21. The number of hydrogen-bond donors (Lipinski definition) is 1. The molecule has 0 saturated carbocycles. The first-order valence-electron chi connectivity index (χ1n) is 7.83. The molecule has 24 heavy (non-hydrogen) atoms. The zero-order valence-electron chi connectivity index (χ0n) is 13.3. The number of hydrogen-bond acceptors (Lipinski definition) is 4. The van der Waals surface area contributed by atoms with E-state index in [9.17, 15) is 0 Å². The minimum absolute atomic E-state index is 0.724. The molecule has 0 saturated heterocycles. The predicted molar refractivity (Wildman–Crippen MR) is 95.2 cm³/mol. The van der Waals surface area contributed by atoms with E-state index in [-0.39, 0.29) is 0 Å². The fourth-order valence-electron chi connectivity index (χ4n) is 2.68. The molecule has 2 heterocycles. The highest BCUT2D eigenvalue weighted by atomic mass is 15.0. The quantitative estimate of drug-likeness (QED) is 0.623. The Balaban J connectivity index is 1.52. The van der Waals surface area contributed by atoms with Gasteiger partial charge in [-0.25, -0.2) is 15.0 Å². The van der Waals surface area contributed by atoms with Gasteiger partial charge in [0.15, 0.2) is 0 Å².